The number of amides is 1. The summed E-state index contributed by atoms with van der Waals surface area (Å²) in [6, 6.07) is 0.994. The molecule has 0 spiro atoms. The van der Waals surface area contributed by atoms with E-state index in [9.17, 15) is 31.5 Å². The smallest absolute Gasteiger partial charge is 0.389 e. The number of nitrogens with zero attached hydrogens (tertiary/aromatic N) is 1. The van der Waals surface area contributed by atoms with E-state index in [0.29, 0.717) is 22.7 Å². The SMILES string of the molecule is O=C1CN(c2c(O)cc3c(c2F)C[C@H](NCCCC(F)(F)F)CC3)S(=O)(=O)N1. The van der Waals surface area contributed by atoms with E-state index in [2.05, 4.69) is 5.32 Å². The highest BCUT2D eigenvalue weighted by Gasteiger charge is 2.39. The van der Waals surface area contributed by atoms with Gasteiger partial charge in [0.1, 0.15) is 18.0 Å². The summed E-state index contributed by atoms with van der Waals surface area (Å²) < 4.78 is 77.8. The Morgan fingerprint density at radius 2 is 2.07 bits per heavy atom. The molecule has 0 radical (unpaired) electrons. The fourth-order valence-corrected chi connectivity index (χ4v) is 4.65. The van der Waals surface area contributed by atoms with E-state index in [1.807, 2.05) is 0 Å². The van der Waals surface area contributed by atoms with Gasteiger partial charge < -0.3 is 10.4 Å². The molecule has 3 N–H and O–H groups in total. The van der Waals surface area contributed by atoms with Crippen LogP contribution in [0.1, 0.15) is 30.4 Å². The molecule has 2 aliphatic rings. The minimum Gasteiger partial charge on any atom is -0.506 e. The number of phenols is 1. The number of carbonyl (C=O) groups excluding carboxylic acids is 1. The van der Waals surface area contributed by atoms with Gasteiger partial charge in [-0.05, 0) is 49.4 Å². The molecule has 1 atom stereocenters. The molecule has 1 fully saturated rings. The molecule has 12 heteroatoms. The topological polar surface area (TPSA) is 98.7 Å². The lowest BCUT2D eigenvalue weighted by Crippen LogP contribution is -2.36. The second kappa shape index (κ2) is 7.39. The minimum atomic E-state index is -4.29. The summed E-state index contributed by atoms with van der Waals surface area (Å²) in [6.07, 6.45) is -4.19. The number of halogens is 4. The fourth-order valence-electron chi connectivity index (χ4n) is 3.49. The van der Waals surface area contributed by atoms with Crippen LogP contribution in [0.15, 0.2) is 6.07 Å². The van der Waals surface area contributed by atoms with E-state index in [-0.39, 0.29) is 31.0 Å². The number of fused-ring (bicyclic) bond motifs is 1. The van der Waals surface area contributed by atoms with Crippen LogP contribution >= 0.6 is 0 Å². The van der Waals surface area contributed by atoms with Crippen LogP contribution in [0.2, 0.25) is 0 Å². The van der Waals surface area contributed by atoms with Crippen LogP contribution in [0.25, 0.3) is 0 Å². The van der Waals surface area contributed by atoms with Crippen molar-refractivity contribution in [1.29, 1.82) is 0 Å². The van der Waals surface area contributed by atoms with E-state index in [4.69, 9.17) is 0 Å². The van der Waals surface area contributed by atoms with Gasteiger partial charge in [-0.1, -0.05) is 0 Å². The Morgan fingerprint density at radius 1 is 1.36 bits per heavy atom. The summed E-state index contributed by atoms with van der Waals surface area (Å²) >= 11 is 0. The third-order valence-corrected chi connectivity index (χ3v) is 6.14. The first-order valence-electron chi connectivity index (χ1n) is 8.64. The molecule has 156 valence electrons. The standard InChI is InChI=1S/C16H19F4N3O4S/c17-14-11-7-10(21-5-1-4-16(18,19)20)3-2-9(11)6-12(24)15(14)23-8-13(25)22-28(23,26)27/h6,10,21,24H,1-5,7-8H2,(H,22,25)/t10-/m1/s1. The molecule has 0 aromatic heterocycles. The molecular formula is C16H19F4N3O4S. The lowest BCUT2D eigenvalue weighted by molar-refractivity contribution is -0.135. The van der Waals surface area contributed by atoms with Gasteiger partial charge in [-0.2, -0.15) is 21.6 Å². The molecule has 1 saturated heterocycles. The number of phenolic OH excluding ortho intramolecular Hbond substituents is 1. The zero-order chi connectivity index (χ0) is 20.7. The molecule has 1 heterocycles. The van der Waals surface area contributed by atoms with Crippen LogP contribution in [-0.2, 0) is 27.8 Å². The number of aromatic hydroxyl groups is 1. The maximum atomic E-state index is 15.1. The zero-order valence-electron chi connectivity index (χ0n) is 14.6. The van der Waals surface area contributed by atoms with Gasteiger partial charge in [0.05, 0.1) is 0 Å². The Balaban J connectivity index is 1.78. The van der Waals surface area contributed by atoms with Crippen molar-refractivity contribution in [3.8, 4) is 5.75 Å². The van der Waals surface area contributed by atoms with Crippen LogP contribution < -0.4 is 14.3 Å². The van der Waals surface area contributed by atoms with E-state index in [1.54, 1.807) is 4.72 Å². The lowest BCUT2D eigenvalue weighted by Gasteiger charge is -2.28. The number of nitrogens with one attached hydrogen (secondary N) is 2. The van der Waals surface area contributed by atoms with Crippen LogP contribution in [0.3, 0.4) is 0 Å². The molecule has 0 bridgehead atoms. The van der Waals surface area contributed by atoms with E-state index < -0.39 is 52.5 Å². The number of benzene rings is 1. The van der Waals surface area contributed by atoms with Crippen LogP contribution in [0, 0.1) is 5.82 Å². The minimum absolute atomic E-state index is 0.101. The van der Waals surface area contributed by atoms with Crippen molar-refractivity contribution in [2.24, 2.45) is 0 Å². The highest BCUT2D eigenvalue weighted by Crippen LogP contribution is 2.39. The number of anilines is 1. The number of hydrogen-bond donors (Lipinski definition) is 3. The van der Waals surface area contributed by atoms with E-state index in [0.717, 1.165) is 0 Å². The van der Waals surface area contributed by atoms with Gasteiger partial charge in [-0.25, -0.2) is 13.4 Å². The molecular weight excluding hydrogens is 406 g/mol. The van der Waals surface area contributed by atoms with Crippen molar-refractivity contribution >= 4 is 21.8 Å². The molecule has 1 aliphatic heterocycles. The third-order valence-electron chi connectivity index (χ3n) is 4.77. The van der Waals surface area contributed by atoms with Crippen molar-refractivity contribution in [2.75, 3.05) is 17.4 Å². The molecule has 0 saturated carbocycles. The first-order chi connectivity index (χ1) is 13.0. The van der Waals surface area contributed by atoms with Gasteiger partial charge in [0.15, 0.2) is 5.82 Å². The van der Waals surface area contributed by atoms with Gasteiger partial charge in [-0.15, -0.1) is 0 Å². The summed E-state index contributed by atoms with van der Waals surface area (Å²) in [7, 11) is -4.29. The Hall–Kier alpha value is -2.08. The first kappa shape index (κ1) is 20.6. The highest BCUT2D eigenvalue weighted by molar-refractivity contribution is 7.92. The van der Waals surface area contributed by atoms with Crippen molar-refractivity contribution in [2.45, 2.75) is 44.3 Å². The average molecular weight is 425 g/mol. The van der Waals surface area contributed by atoms with Gasteiger partial charge in [0, 0.05) is 12.5 Å². The highest BCUT2D eigenvalue weighted by atomic mass is 32.2. The van der Waals surface area contributed by atoms with Gasteiger partial charge >= 0.3 is 16.4 Å². The number of carbonyl (C=O) groups is 1. The summed E-state index contributed by atoms with van der Waals surface area (Å²) in [6.45, 7) is -0.532. The normalized spacial score (nSPS) is 21.5. The average Bonchev–Trinajstić information content (AvgIpc) is 2.83. The molecule has 28 heavy (non-hydrogen) atoms. The van der Waals surface area contributed by atoms with E-state index in [1.165, 1.54) is 6.07 Å². The number of aryl methyl sites for hydroxylation is 1. The van der Waals surface area contributed by atoms with Crippen LogP contribution in [0.5, 0.6) is 5.75 Å². The number of hydrogen-bond acceptors (Lipinski definition) is 5. The molecule has 1 aliphatic carbocycles. The van der Waals surface area contributed by atoms with Crippen molar-refractivity contribution < 1.29 is 35.9 Å². The van der Waals surface area contributed by atoms with Crippen LogP contribution in [-0.4, -0.2) is 44.7 Å². The summed E-state index contributed by atoms with van der Waals surface area (Å²) in [4.78, 5) is 11.4. The maximum absolute atomic E-state index is 15.1. The predicted molar refractivity (Wildman–Crippen MR) is 91.6 cm³/mol. The first-order valence-corrected chi connectivity index (χ1v) is 10.1. The zero-order valence-corrected chi connectivity index (χ0v) is 15.5. The number of alkyl halides is 3. The maximum Gasteiger partial charge on any atom is 0.389 e. The van der Waals surface area contributed by atoms with Gasteiger partial charge in [0.25, 0.3) is 5.91 Å². The summed E-state index contributed by atoms with van der Waals surface area (Å²) in [5.41, 5.74) is 0.0831. The van der Waals surface area contributed by atoms with Gasteiger partial charge in [0.2, 0.25) is 0 Å². The van der Waals surface area contributed by atoms with E-state index >= 15 is 4.39 Å². The van der Waals surface area contributed by atoms with Crippen molar-refractivity contribution in [3.63, 3.8) is 0 Å². The molecule has 0 unspecified atom stereocenters. The Morgan fingerprint density at radius 3 is 2.68 bits per heavy atom. The quantitative estimate of drug-likeness (QED) is 0.491. The van der Waals surface area contributed by atoms with Crippen LogP contribution in [0.4, 0.5) is 23.2 Å². The fraction of sp³-hybridized carbons (Fsp3) is 0.562. The summed E-state index contributed by atoms with van der Waals surface area (Å²) in [5, 5.41) is 13.1. The Labute approximate surface area is 158 Å². The molecule has 1 aromatic carbocycles. The third kappa shape index (κ3) is 4.32. The monoisotopic (exact) mass is 425 g/mol. The molecule has 1 aromatic rings. The Bertz CT molecular complexity index is 889. The largest absolute Gasteiger partial charge is 0.506 e. The molecule has 3 rings (SSSR count). The van der Waals surface area contributed by atoms with Crippen molar-refractivity contribution in [1.82, 2.24) is 10.0 Å². The number of rotatable bonds is 5. The predicted octanol–water partition coefficient (Wildman–Crippen LogP) is 1.50. The lowest BCUT2D eigenvalue weighted by atomic mass is 9.87. The summed E-state index contributed by atoms with van der Waals surface area (Å²) in [5.74, 6) is -2.38. The van der Waals surface area contributed by atoms with Crippen molar-refractivity contribution in [3.05, 3.63) is 23.0 Å². The molecule has 1 amide bonds. The Kier molecular flexibility index (Phi) is 5.45. The second-order valence-corrected chi connectivity index (χ2v) is 8.44. The molecule has 7 nitrogen and oxygen atoms in total. The second-order valence-electron chi connectivity index (χ2n) is 6.85. The van der Waals surface area contributed by atoms with Gasteiger partial charge in [-0.3, -0.25) is 4.79 Å².